The number of carbonyl (C=O) groups excluding carboxylic acids is 1. The molecular formula is C18H14FN3O3S. The van der Waals surface area contributed by atoms with Gasteiger partial charge in [-0.15, -0.1) is 0 Å². The first-order valence-electron chi connectivity index (χ1n) is 7.55. The fourth-order valence-corrected chi connectivity index (χ4v) is 3.29. The summed E-state index contributed by atoms with van der Waals surface area (Å²) in [5, 5.41) is 2.57. The van der Waals surface area contributed by atoms with Crippen LogP contribution < -0.4 is 10.0 Å². The molecule has 3 rings (SSSR count). The maximum absolute atomic E-state index is 13.7. The first kappa shape index (κ1) is 17.6. The van der Waals surface area contributed by atoms with E-state index >= 15 is 0 Å². The van der Waals surface area contributed by atoms with Crippen molar-refractivity contribution in [1.29, 1.82) is 0 Å². The first-order valence-corrected chi connectivity index (χ1v) is 9.04. The maximum Gasteiger partial charge on any atom is 0.262 e. The highest BCUT2D eigenvalue weighted by molar-refractivity contribution is 7.92. The van der Waals surface area contributed by atoms with Crippen molar-refractivity contribution < 1.29 is 17.6 Å². The minimum absolute atomic E-state index is 0.132. The Morgan fingerprint density at radius 2 is 1.73 bits per heavy atom. The van der Waals surface area contributed by atoms with Crippen LogP contribution in [0.4, 0.5) is 15.9 Å². The molecule has 0 atom stereocenters. The predicted octanol–water partition coefficient (Wildman–Crippen LogP) is 3.27. The third kappa shape index (κ3) is 4.04. The van der Waals surface area contributed by atoms with Crippen LogP contribution in [0.1, 0.15) is 10.4 Å². The van der Waals surface area contributed by atoms with E-state index in [-0.39, 0.29) is 16.1 Å². The molecule has 0 fully saturated rings. The zero-order valence-corrected chi connectivity index (χ0v) is 14.2. The number of para-hydroxylation sites is 1. The lowest BCUT2D eigenvalue weighted by molar-refractivity contribution is 0.102. The van der Waals surface area contributed by atoms with Gasteiger partial charge in [0.1, 0.15) is 11.6 Å². The highest BCUT2D eigenvalue weighted by atomic mass is 32.2. The normalized spacial score (nSPS) is 11.0. The zero-order chi connectivity index (χ0) is 18.6. The molecule has 6 nitrogen and oxygen atoms in total. The van der Waals surface area contributed by atoms with Gasteiger partial charge in [-0.1, -0.05) is 24.3 Å². The van der Waals surface area contributed by atoms with Crippen molar-refractivity contribution in [2.24, 2.45) is 0 Å². The molecule has 2 aromatic carbocycles. The fraction of sp³-hybridized carbons (Fsp3) is 0. The number of pyridine rings is 1. The van der Waals surface area contributed by atoms with Crippen LogP contribution in [-0.4, -0.2) is 19.3 Å². The summed E-state index contributed by atoms with van der Waals surface area (Å²) in [6.07, 6.45) is 1.52. The largest absolute Gasteiger partial charge is 0.307 e. The number of carbonyl (C=O) groups is 1. The lowest BCUT2D eigenvalue weighted by atomic mass is 10.2. The van der Waals surface area contributed by atoms with E-state index in [1.165, 1.54) is 48.7 Å². The number of hydrogen-bond donors (Lipinski definition) is 2. The van der Waals surface area contributed by atoms with Gasteiger partial charge in [-0.05, 0) is 42.5 Å². The van der Waals surface area contributed by atoms with Crippen LogP contribution in [0.15, 0.2) is 77.8 Å². The van der Waals surface area contributed by atoms with Crippen LogP contribution in [0.25, 0.3) is 0 Å². The lowest BCUT2D eigenvalue weighted by Crippen LogP contribution is -2.16. The number of amides is 1. The third-order valence-corrected chi connectivity index (χ3v) is 4.79. The van der Waals surface area contributed by atoms with Crippen molar-refractivity contribution in [3.8, 4) is 0 Å². The fourth-order valence-electron chi connectivity index (χ4n) is 2.18. The van der Waals surface area contributed by atoms with Gasteiger partial charge in [-0.25, -0.2) is 17.8 Å². The predicted molar refractivity (Wildman–Crippen MR) is 95.8 cm³/mol. The maximum atomic E-state index is 13.7. The Bertz CT molecular complexity index is 1040. The molecule has 0 aliphatic rings. The van der Waals surface area contributed by atoms with Gasteiger partial charge < -0.3 is 5.32 Å². The van der Waals surface area contributed by atoms with Crippen molar-refractivity contribution in [3.05, 3.63) is 84.3 Å². The van der Waals surface area contributed by atoms with E-state index in [4.69, 9.17) is 0 Å². The van der Waals surface area contributed by atoms with E-state index in [1.54, 1.807) is 18.2 Å². The summed E-state index contributed by atoms with van der Waals surface area (Å²) in [5.41, 5.74) is -0.0390. The average molecular weight is 371 g/mol. The standard InChI is InChI=1S/C18H14FN3O3S/c19-15-8-1-2-9-16(15)22-26(24,25)14-7-5-6-13(12-14)18(23)21-17-10-3-4-11-20-17/h1-12,22H,(H,20,21,23). The second kappa shape index (κ2) is 7.32. The molecule has 2 N–H and O–H groups in total. The number of benzene rings is 2. The summed E-state index contributed by atoms with van der Waals surface area (Å²) in [5.74, 6) is -0.859. The zero-order valence-electron chi connectivity index (χ0n) is 13.4. The van der Waals surface area contributed by atoms with Gasteiger partial charge in [0, 0.05) is 11.8 Å². The lowest BCUT2D eigenvalue weighted by Gasteiger charge is -2.10. The molecule has 0 radical (unpaired) electrons. The molecule has 26 heavy (non-hydrogen) atoms. The number of halogens is 1. The molecule has 0 aliphatic carbocycles. The average Bonchev–Trinajstić information content (AvgIpc) is 2.64. The number of aromatic nitrogens is 1. The monoisotopic (exact) mass is 371 g/mol. The van der Waals surface area contributed by atoms with Crippen molar-refractivity contribution in [2.75, 3.05) is 10.0 Å². The van der Waals surface area contributed by atoms with Gasteiger partial charge in [-0.3, -0.25) is 9.52 Å². The minimum Gasteiger partial charge on any atom is -0.307 e. The molecule has 0 saturated carbocycles. The van der Waals surface area contributed by atoms with Crippen LogP contribution in [0.2, 0.25) is 0 Å². The molecule has 1 heterocycles. The summed E-state index contributed by atoms with van der Waals surface area (Å²) < 4.78 is 40.8. The Balaban J connectivity index is 1.84. The summed E-state index contributed by atoms with van der Waals surface area (Å²) in [4.78, 5) is 16.1. The molecule has 1 aromatic heterocycles. The molecule has 8 heteroatoms. The number of nitrogens with zero attached hydrogens (tertiary/aromatic N) is 1. The van der Waals surface area contributed by atoms with Gasteiger partial charge in [0.2, 0.25) is 0 Å². The van der Waals surface area contributed by atoms with E-state index in [1.807, 2.05) is 0 Å². The summed E-state index contributed by atoms with van der Waals surface area (Å²) in [6, 6.07) is 15.9. The Morgan fingerprint density at radius 1 is 0.962 bits per heavy atom. The minimum atomic E-state index is -4.05. The topological polar surface area (TPSA) is 88.2 Å². The van der Waals surface area contributed by atoms with Crippen molar-refractivity contribution in [2.45, 2.75) is 4.90 Å². The first-order chi connectivity index (χ1) is 12.5. The molecule has 0 unspecified atom stereocenters. The molecule has 0 aliphatic heterocycles. The van der Waals surface area contributed by atoms with Crippen LogP contribution in [0, 0.1) is 5.82 Å². The summed E-state index contributed by atoms with van der Waals surface area (Å²) >= 11 is 0. The number of rotatable bonds is 5. The SMILES string of the molecule is O=C(Nc1ccccn1)c1cccc(S(=O)(=O)Nc2ccccc2F)c1. The summed E-state index contributed by atoms with van der Waals surface area (Å²) in [7, 11) is -4.05. The third-order valence-electron chi connectivity index (χ3n) is 3.43. The Hall–Kier alpha value is -3.26. The molecule has 1 amide bonds. The van der Waals surface area contributed by atoms with E-state index in [2.05, 4.69) is 15.0 Å². The number of sulfonamides is 1. The van der Waals surface area contributed by atoms with E-state index in [0.717, 1.165) is 6.07 Å². The van der Waals surface area contributed by atoms with Gasteiger partial charge >= 0.3 is 0 Å². The van der Waals surface area contributed by atoms with Crippen LogP contribution in [0.5, 0.6) is 0 Å². The van der Waals surface area contributed by atoms with Gasteiger partial charge in [0.25, 0.3) is 15.9 Å². The molecular weight excluding hydrogens is 357 g/mol. The van der Waals surface area contributed by atoms with Gasteiger partial charge in [-0.2, -0.15) is 0 Å². The number of anilines is 2. The van der Waals surface area contributed by atoms with E-state index < -0.39 is 21.7 Å². The number of nitrogens with one attached hydrogen (secondary N) is 2. The van der Waals surface area contributed by atoms with E-state index in [0.29, 0.717) is 5.82 Å². The highest BCUT2D eigenvalue weighted by Gasteiger charge is 2.18. The van der Waals surface area contributed by atoms with Crippen LogP contribution in [-0.2, 0) is 10.0 Å². The van der Waals surface area contributed by atoms with Gasteiger partial charge in [0.15, 0.2) is 0 Å². The molecule has 0 saturated heterocycles. The second-order valence-corrected chi connectivity index (χ2v) is 6.96. The molecule has 0 spiro atoms. The quantitative estimate of drug-likeness (QED) is 0.720. The van der Waals surface area contributed by atoms with Gasteiger partial charge in [0.05, 0.1) is 10.6 Å². The Kier molecular flexibility index (Phi) is 4.94. The van der Waals surface area contributed by atoms with Crippen LogP contribution >= 0.6 is 0 Å². The molecule has 0 bridgehead atoms. The van der Waals surface area contributed by atoms with Crippen LogP contribution in [0.3, 0.4) is 0 Å². The van der Waals surface area contributed by atoms with E-state index in [9.17, 15) is 17.6 Å². The summed E-state index contributed by atoms with van der Waals surface area (Å²) in [6.45, 7) is 0. The Morgan fingerprint density at radius 3 is 2.46 bits per heavy atom. The van der Waals surface area contributed by atoms with Crippen molar-refractivity contribution in [1.82, 2.24) is 4.98 Å². The molecule has 3 aromatic rings. The second-order valence-electron chi connectivity index (χ2n) is 5.28. The number of hydrogen-bond acceptors (Lipinski definition) is 4. The smallest absolute Gasteiger partial charge is 0.262 e. The highest BCUT2D eigenvalue weighted by Crippen LogP contribution is 2.20. The Labute approximate surface area is 149 Å². The van der Waals surface area contributed by atoms with Crippen molar-refractivity contribution >= 4 is 27.4 Å². The van der Waals surface area contributed by atoms with Crippen molar-refractivity contribution in [3.63, 3.8) is 0 Å². The molecule has 132 valence electrons.